The monoisotopic (exact) mass is 351 g/mol. The van der Waals surface area contributed by atoms with Crippen LogP contribution in [0.3, 0.4) is 0 Å². The number of piperidine rings is 3. The maximum absolute atomic E-state index is 12.5. The van der Waals surface area contributed by atoms with Crippen LogP contribution in [0.15, 0.2) is 23.3 Å². The predicted molar refractivity (Wildman–Crippen MR) is 91.9 cm³/mol. The number of amides is 1. The average Bonchev–Trinajstić information content (AvgIpc) is 2.97. The van der Waals surface area contributed by atoms with E-state index in [-0.39, 0.29) is 18.0 Å². The van der Waals surface area contributed by atoms with Crippen molar-refractivity contribution in [2.75, 3.05) is 13.1 Å². The molecular weight excluding hydrogens is 333 g/mol. The Morgan fingerprint density at radius 2 is 2.00 bits per heavy atom. The minimum Gasteiger partial charge on any atom is -0.293 e. The highest BCUT2D eigenvalue weighted by Gasteiger charge is 2.51. The Kier molecular flexibility index (Phi) is 3.87. The van der Waals surface area contributed by atoms with Gasteiger partial charge in [0.1, 0.15) is 6.04 Å². The molecular formula is C17H19Cl2N3O. The highest BCUT2D eigenvalue weighted by molar-refractivity contribution is 6.35. The lowest BCUT2D eigenvalue weighted by molar-refractivity contribution is -0.133. The first-order valence-corrected chi connectivity index (χ1v) is 8.95. The third kappa shape index (κ3) is 2.39. The summed E-state index contributed by atoms with van der Waals surface area (Å²) in [4.78, 5) is 14.9. The van der Waals surface area contributed by atoms with Crippen LogP contribution in [-0.4, -0.2) is 40.7 Å². The minimum absolute atomic E-state index is 0.0449. The van der Waals surface area contributed by atoms with Crippen LogP contribution >= 0.6 is 23.2 Å². The number of rotatable bonds is 2. The lowest BCUT2D eigenvalue weighted by Crippen LogP contribution is -2.56. The van der Waals surface area contributed by atoms with Gasteiger partial charge in [0.25, 0.3) is 0 Å². The smallest absolute Gasteiger partial charge is 0.243 e. The zero-order valence-electron chi connectivity index (χ0n) is 13.0. The molecule has 122 valence electrons. The predicted octanol–water partition coefficient (Wildman–Crippen LogP) is 3.74. The summed E-state index contributed by atoms with van der Waals surface area (Å²) in [5, 5.41) is 7.64. The summed E-state index contributed by atoms with van der Waals surface area (Å²) in [5.74, 6) is 0.553. The van der Waals surface area contributed by atoms with Crippen molar-refractivity contribution in [3.8, 4) is 0 Å². The number of hydrazone groups is 1. The molecule has 2 bridgehead atoms. The van der Waals surface area contributed by atoms with Crippen LogP contribution in [0, 0.1) is 5.92 Å². The lowest BCUT2D eigenvalue weighted by atomic mass is 9.78. The van der Waals surface area contributed by atoms with Gasteiger partial charge in [-0.2, -0.15) is 5.10 Å². The van der Waals surface area contributed by atoms with Gasteiger partial charge in [-0.3, -0.25) is 9.69 Å². The van der Waals surface area contributed by atoms with Crippen molar-refractivity contribution in [1.29, 1.82) is 0 Å². The Morgan fingerprint density at radius 3 is 2.65 bits per heavy atom. The first kappa shape index (κ1) is 15.4. The highest BCUT2D eigenvalue weighted by atomic mass is 35.5. The first-order valence-electron chi connectivity index (χ1n) is 8.19. The van der Waals surface area contributed by atoms with E-state index < -0.39 is 0 Å². The van der Waals surface area contributed by atoms with Gasteiger partial charge >= 0.3 is 0 Å². The molecule has 0 aliphatic carbocycles. The number of nitrogens with zero attached hydrogens (tertiary/aromatic N) is 3. The molecule has 6 heteroatoms. The van der Waals surface area contributed by atoms with E-state index in [2.05, 4.69) is 4.90 Å². The molecule has 4 aliphatic rings. The number of benzene rings is 1. The summed E-state index contributed by atoms with van der Waals surface area (Å²) in [5.41, 5.74) is 2.11. The van der Waals surface area contributed by atoms with Gasteiger partial charge in [0.05, 0.1) is 11.8 Å². The molecule has 5 rings (SSSR count). The maximum Gasteiger partial charge on any atom is 0.243 e. The van der Waals surface area contributed by atoms with Gasteiger partial charge in [0.15, 0.2) is 0 Å². The second kappa shape index (κ2) is 5.76. The van der Waals surface area contributed by atoms with Gasteiger partial charge in [-0.15, -0.1) is 0 Å². The SMILES string of the molecule is CCC(=O)N1N=C2C3CCN(CC3)[C@@H]2[C@@H]1c1ccc(Cl)cc1Cl. The quantitative estimate of drug-likeness (QED) is 0.813. The largest absolute Gasteiger partial charge is 0.293 e. The van der Waals surface area contributed by atoms with Crippen molar-refractivity contribution in [3.05, 3.63) is 33.8 Å². The zero-order valence-corrected chi connectivity index (χ0v) is 14.5. The normalized spacial score (nSPS) is 32.0. The number of halogens is 2. The van der Waals surface area contributed by atoms with Crippen molar-refractivity contribution in [2.24, 2.45) is 11.0 Å². The molecule has 2 atom stereocenters. The van der Waals surface area contributed by atoms with Gasteiger partial charge in [-0.05, 0) is 43.6 Å². The molecule has 0 aromatic heterocycles. The van der Waals surface area contributed by atoms with E-state index in [0.29, 0.717) is 22.4 Å². The third-order valence-electron chi connectivity index (χ3n) is 5.27. The van der Waals surface area contributed by atoms with Crippen LogP contribution in [0.25, 0.3) is 0 Å². The van der Waals surface area contributed by atoms with Crippen LogP contribution in [0.2, 0.25) is 10.0 Å². The fraction of sp³-hybridized carbons (Fsp3) is 0.529. The first-order chi connectivity index (χ1) is 11.1. The standard InChI is InChI=1S/C17H19Cl2N3O/c1-2-14(23)22-16(12-4-3-11(18)9-13(12)19)17-15(20-22)10-5-7-21(17)8-6-10/h3-4,9-10,16-17H,2,5-8H2,1H3/t16-,17-/m0/s1. The van der Waals surface area contributed by atoms with Crippen LogP contribution in [0.5, 0.6) is 0 Å². The molecule has 1 aromatic carbocycles. The molecule has 0 unspecified atom stereocenters. The van der Waals surface area contributed by atoms with Crippen LogP contribution in [0.4, 0.5) is 0 Å². The van der Waals surface area contributed by atoms with Crippen LogP contribution < -0.4 is 0 Å². The summed E-state index contributed by atoms with van der Waals surface area (Å²) in [6.07, 6.45) is 2.73. The molecule has 3 saturated heterocycles. The topological polar surface area (TPSA) is 35.9 Å². The van der Waals surface area contributed by atoms with Gasteiger partial charge < -0.3 is 0 Å². The van der Waals surface area contributed by atoms with Gasteiger partial charge in [-0.25, -0.2) is 5.01 Å². The molecule has 4 aliphatic heterocycles. The second-order valence-electron chi connectivity index (χ2n) is 6.48. The number of carbonyl (C=O) groups is 1. The highest BCUT2D eigenvalue weighted by Crippen LogP contribution is 2.45. The van der Waals surface area contributed by atoms with Gasteiger partial charge in [0, 0.05) is 22.4 Å². The fourth-order valence-electron chi connectivity index (χ4n) is 4.14. The number of hydrogen-bond acceptors (Lipinski definition) is 3. The molecule has 0 saturated carbocycles. The summed E-state index contributed by atoms with van der Waals surface area (Å²) >= 11 is 12.5. The van der Waals surface area contributed by atoms with E-state index in [4.69, 9.17) is 28.3 Å². The minimum atomic E-state index is -0.134. The van der Waals surface area contributed by atoms with Crippen molar-refractivity contribution >= 4 is 34.8 Å². The molecule has 1 aromatic rings. The van der Waals surface area contributed by atoms with Gasteiger partial charge in [-0.1, -0.05) is 36.2 Å². The van der Waals surface area contributed by atoms with E-state index in [1.807, 2.05) is 19.1 Å². The number of carbonyl (C=O) groups excluding carboxylic acids is 1. The van der Waals surface area contributed by atoms with E-state index in [1.165, 1.54) is 5.71 Å². The molecule has 0 spiro atoms. The van der Waals surface area contributed by atoms with Crippen LogP contribution in [0.1, 0.15) is 37.8 Å². The second-order valence-corrected chi connectivity index (χ2v) is 7.33. The number of fused-ring (bicyclic) bond motifs is 2. The molecule has 0 radical (unpaired) electrons. The summed E-state index contributed by atoms with van der Waals surface area (Å²) < 4.78 is 0. The Hall–Kier alpha value is -1.10. The Labute approximate surface area is 146 Å². The molecule has 3 fully saturated rings. The van der Waals surface area contributed by atoms with Crippen LogP contribution in [-0.2, 0) is 4.79 Å². The molecule has 4 heterocycles. The average molecular weight is 352 g/mol. The zero-order chi connectivity index (χ0) is 16.1. The van der Waals surface area contributed by atoms with E-state index in [9.17, 15) is 4.79 Å². The van der Waals surface area contributed by atoms with Crippen molar-refractivity contribution in [3.63, 3.8) is 0 Å². The van der Waals surface area contributed by atoms with E-state index >= 15 is 0 Å². The van der Waals surface area contributed by atoms with Crippen molar-refractivity contribution in [2.45, 2.75) is 38.3 Å². The number of hydrogen-bond donors (Lipinski definition) is 0. The van der Waals surface area contributed by atoms with E-state index in [0.717, 1.165) is 31.5 Å². The molecule has 23 heavy (non-hydrogen) atoms. The van der Waals surface area contributed by atoms with Gasteiger partial charge in [0.2, 0.25) is 5.91 Å². The lowest BCUT2D eigenvalue weighted by Gasteiger charge is -2.46. The summed E-state index contributed by atoms with van der Waals surface area (Å²) in [6, 6.07) is 5.56. The van der Waals surface area contributed by atoms with Crippen molar-refractivity contribution < 1.29 is 4.79 Å². The van der Waals surface area contributed by atoms with E-state index in [1.54, 1.807) is 11.1 Å². The summed E-state index contributed by atoms with van der Waals surface area (Å²) in [7, 11) is 0. The van der Waals surface area contributed by atoms with Crippen molar-refractivity contribution in [1.82, 2.24) is 9.91 Å². The Morgan fingerprint density at radius 1 is 1.26 bits per heavy atom. The Balaban J connectivity index is 1.80. The molecule has 1 amide bonds. The maximum atomic E-state index is 12.5. The third-order valence-corrected chi connectivity index (χ3v) is 5.83. The fourth-order valence-corrected chi connectivity index (χ4v) is 4.66. The summed E-state index contributed by atoms with van der Waals surface area (Å²) in [6.45, 7) is 4.02. The molecule has 4 nitrogen and oxygen atoms in total. The Bertz CT molecular complexity index is 682. The molecule has 0 N–H and O–H groups in total.